The molecule has 88 valence electrons. The summed E-state index contributed by atoms with van der Waals surface area (Å²) >= 11 is 1.75. The first kappa shape index (κ1) is 10.7. The highest BCUT2D eigenvalue weighted by atomic mass is 32.1. The lowest BCUT2D eigenvalue weighted by molar-refractivity contribution is 0.0864. The number of rotatable bonds is 4. The molecule has 0 aromatic carbocycles. The van der Waals surface area contributed by atoms with Crippen LogP contribution in [0.3, 0.4) is 0 Å². The molecule has 2 bridgehead atoms. The molecular weight excluding hydrogens is 220 g/mol. The Hall–Kier alpha value is -0.450. The van der Waals surface area contributed by atoms with E-state index in [0.29, 0.717) is 24.2 Å². The van der Waals surface area contributed by atoms with Gasteiger partial charge >= 0.3 is 0 Å². The molecular formula is C12H18N2OS. The lowest BCUT2D eigenvalue weighted by Gasteiger charge is -2.27. The van der Waals surface area contributed by atoms with Crippen molar-refractivity contribution >= 4 is 11.3 Å². The van der Waals surface area contributed by atoms with Crippen molar-refractivity contribution in [3.8, 4) is 0 Å². The predicted molar refractivity (Wildman–Crippen MR) is 64.7 cm³/mol. The topological polar surface area (TPSA) is 34.2 Å². The summed E-state index contributed by atoms with van der Waals surface area (Å²) in [7, 11) is 2.07. The summed E-state index contributed by atoms with van der Waals surface area (Å²) in [5.74, 6) is 0.700. The highest BCUT2D eigenvalue weighted by Crippen LogP contribution is 2.41. The van der Waals surface area contributed by atoms with Crippen LogP contribution in [-0.4, -0.2) is 30.3 Å². The zero-order chi connectivity index (χ0) is 11.0. The number of fused-ring (bicyclic) bond motifs is 2. The zero-order valence-electron chi connectivity index (χ0n) is 9.56. The molecule has 3 nitrogen and oxygen atoms in total. The van der Waals surface area contributed by atoms with Gasteiger partial charge < -0.3 is 10.1 Å². The van der Waals surface area contributed by atoms with Gasteiger partial charge in [-0.05, 0) is 32.7 Å². The fourth-order valence-corrected chi connectivity index (χ4v) is 3.78. The van der Waals surface area contributed by atoms with Crippen molar-refractivity contribution < 1.29 is 4.74 Å². The molecule has 1 N–H and O–H groups in total. The van der Waals surface area contributed by atoms with Gasteiger partial charge in [0.2, 0.25) is 0 Å². The van der Waals surface area contributed by atoms with Crippen LogP contribution in [-0.2, 0) is 11.2 Å². The molecule has 0 aliphatic carbocycles. The SMILES string of the molecule is CNC(Cc1cncs1)C1CC2CCC1O2. The molecule has 2 aliphatic rings. The molecule has 4 atom stereocenters. The summed E-state index contributed by atoms with van der Waals surface area (Å²) in [5, 5.41) is 3.47. The van der Waals surface area contributed by atoms with Crippen molar-refractivity contribution in [2.75, 3.05) is 7.05 Å². The summed E-state index contributed by atoms with van der Waals surface area (Å²) in [6.45, 7) is 0. The Morgan fingerprint density at radius 3 is 3.12 bits per heavy atom. The van der Waals surface area contributed by atoms with Crippen LogP contribution in [0.5, 0.6) is 0 Å². The molecule has 1 aromatic heterocycles. The van der Waals surface area contributed by atoms with Crippen molar-refractivity contribution in [1.82, 2.24) is 10.3 Å². The molecule has 3 rings (SSSR count). The lowest BCUT2D eigenvalue weighted by Crippen LogP contribution is -2.40. The van der Waals surface area contributed by atoms with Gasteiger partial charge in [0.1, 0.15) is 0 Å². The van der Waals surface area contributed by atoms with Crippen LogP contribution >= 0.6 is 11.3 Å². The van der Waals surface area contributed by atoms with Crippen LogP contribution in [0.1, 0.15) is 24.1 Å². The van der Waals surface area contributed by atoms with Gasteiger partial charge in [0.15, 0.2) is 0 Å². The van der Waals surface area contributed by atoms with Crippen LogP contribution in [0.25, 0.3) is 0 Å². The molecule has 0 radical (unpaired) electrons. The Morgan fingerprint density at radius 1 is 1.62 bits per heavy atom. The third-order valence-electron chi connectivity index (χ3n) is 3.95. The summed E-state index contributed by atoms with van der Waals surface area (Å²) in [5.41, 5.74) is 1.92. The Balaban J connectivity index is 1.67. The lowest BCUT2D eigenvalue weighted by atomic mass is 9.82. The van der Waals surface area contributed by atoms with E-state index in [0.717, 1.165) is 6.42 Å². The molecule has 2 saturated heterocycles. The molecule has 0 amide bonds. The normalized spacial score (nSPS) is 34.4. The number of nitrogens with one attached hydrogen (secondary N) is 1. The van der Waals surface area contributed by atoms with Gasteiger partial charge in [-0.1, -0.05) is 0 Å². The van der Waals surface area contributed by atoms with Crippen molar-refractivity contribution in [2.45, 2.75) is 43.9 Å². The smallest absolute Gasteiger partial charge is 0.0794 e. The number of aromatic nitrogens is 1. The van der Waals surface area contributed by atoms with E-state index in [-0.39, 0.29) is 0 Å². The first-order valence-corrected chi connectivity index (χ1v) is 6.95. The monoisotopic (exact) mass is 238 g/mol. The van der Waals surface area contributed by atoms with Gasteiger partial charge in [0.25, 0.3) is 0 Å². The largest absolute Gasteiger partial charge is 0.375 e. The van der Waals surface area contributed by atoms with E-state index in [1.54, 1.807) is 11.3 Å². The molecule has 1 aromatic rings. The van der Waals surface area contributed by atoms with Crippen molar-refractivity contribution in [3.63, 3.8) is 0 Å². The molecule has 4 heteroatoms. The summed E-state index contributed by atoms with van der Waals surface area (Å²) in [6.07, 6.45) is 7.92. The molecule has 2 aliphatic heterocycles. The number of ether oxygens (including phenoxy) is 1. The number of hydrogen-bond acceptors (Lipinski definition) is 4. The van der Waals surface area contributed by atoms with Gasteiger partial charge in [-0.25, -0.2) is 0 Å². The van der Waals surface area contributed by atoms with Crippen LogP contribution in [0, 0.1) is 5.92 Å². The molecule has 0 saturated carbocycles. The van der Waals surface area contributed by atoms with Crippen molar-refractivity contribution in [1.29, 1.82) is 0 Å². The third kappa shape index (κ3) is 1.90. The van der Waals surface area contributed by atoms with Gasteiger partial charge in [0, 0.05) is 23.0 Å². The minimum atomic E-state index is 0.510. The Kier molecular flexibility index (Phi) is 2.96. The van der Waals surface area contributed by atoms with Crippen LogP contribution in [0.15, 0.2) is 11.7 Å². The Bertz CT molecular complexity index is 341. The maximum absolute atomic E-state index is 5.93. The number of thiazole rings is 1. The highest BCUT2D eigenvalue weighted by Gasteiger charge is 2.43. The maximum Gasteiger partial charge on any atom is 0.0794 e. The van der Waals surface area contributed by atoms with Crippen molar-refractivity contribution in [3.05, 3.63) is 16.6 Å². The van der Waals surface area contributed by atoms with Crippen LogP contribution in [0.4, 0.5) is 0 Å². The standard InChI is InChI=1S/C12H18N2OS/c1-13-11(5-9-6-14-7-16-9)10-4-8-2-3-12(10)15-8/h6-8,10-13H,2-5H2,1H3. The second-order valence-corrected chi connectivity index (χ2v) is 5.81. The average Bonchev–Trinajstić information content (AvgIpc) is 3.02. The number of hydrogen-bond donors (Lipinski definition) is 1. The first-order chi connectivity index (χ1) is 7.86. The van der Waals surface area contributed by atoms with Gasteiger partial charge in [0.05, 0.1) is 17.7 Å². The number of nitrogens with zero attached hydrogens (tertiary/aromatic N) is 1. The molecule has 3 heterocycles. The van der Waals surface area contributed by atoms with Crippen LogP contribution in [0.2, 0.25) is 0 Å². The van der Waals surface area contributed by atoms with Gasteiger partial charge in [-0.15, -0.1) is 11.3 Å². The van der Waals surface area contributed by atoms with E-state index in [2.05, 4.69) is 17.3 Å². The molecule has 0 spiro atoms. The second kappa shape index (κ2) is 4.43. The van der Waals surface area contributed by atoms with Crippen molar-refractivity contribution in [2.24, 2.45) is 5.92 Å². The van der Waals surface area contributed by atoms with E-state index in [4.69, 9.17) is 4.74 Å². The molecule has 4 unspecified atom stereocenters. The van der Waals surface area contributed by atoms with E-state index in [9.17, 15) is 0 Å². The van der Waals surface area contributed by atoms with E-state index < -0.39 is 0 Å². The quantitative estimate of drug-likeness (QED) is 0.869. The van der Waals surface area contributed by atoms with Crippen LogP contribution < -0.4 is 5.32 Å². The Morgan fingerprint density at radius 2 is 2.56 bits per heavy atom. The predicted octanol–water partition coefficient (Wildman–Crippen LogP) is 1.84. The minimum absolute atomic E-state index is 0.510. The summed E-state index contributed by atoms with van der Waals surface area (Å²) in [4.78, 5) is 5.52. The van der Waals surface area contributed by atoms with Gasteiger partial charge in [-0.3, -0.25) is 4.98 Å². The fraction of sp³-hybridized carbons (Fsp3) is 0.750. The maximum atomic E-state index is 5.93. The van der Waals surface area contributed by atoms with E-state index >= 15 is 0 Å². The van der Waals surface area contributed by atoms with Gasteiger partial charge in [-0.2, -0.15) is 0 Å². The summed E-state index contributed by atoms with van der Waals surface area (Å²) in [6, 6.07) is 0.552. The van der Waals surface area contributed by atoms with E-state index in [1.165, 1.54) is 24.1 Å². The second-order valence-electron chi connectivity index (χ2n) is 4.84. The first-order valence-electron chi connectivity index (χ1n) is 6.07. The Labute approximate surface area is 100 Å². The summed E-state index contributed by atoms with van der Waals surface area (Å²) < 4.78 is 5.93. The van der Waals surface area contributed by atoms with E-state index in [1.807, 2.05) is 11.7 Å². The minimum Gasteiger partial charge on any atom is -0.375 e. The molecule has 2 fully saturated rings. The third-order valence-corrected chi connectivity index (χ3v) is 4.75. The zero-order valence-corrected chi connectivity index (χ0v) is 10.4. The number of likely N-dealkylation sites (N-methyl/N-ethyl adjacent to an activating group) is 1. The molecule has 16 heavy (non-hydrogen) atoms. The highest BCUT2D eigenvalue weighted by molar-refractivity contribution is 7.09. The average molecular weight is 238 g/mol. The fourth-order valence-electron chi connectivity index (χ4n) is 3.13.